The lowest BCUT2D eigenvalue weighted by Gasteiger charge is -2.10. The minimum atomic E-state index is -0.535. The molecule has 29 heavy (non-hydrogen) atoms. The fraction of sp³-hybridized carbons (Fsp3) is 0.0455. The summed E-state index contributed by atoms with van der Waals surface area (Å²) in [5.74, 6) is -1.04. The van der Waals surface area contributed by atoms with Crippen molar-refractivity contribution < 1.29 is 14.4 Å². The first kappa shape index (κ1) is 19.6. The molecule has 0 saturated carbocycles. The molecule has 0 bridgehead atoms. The lowest BCUT2D eigenvalue weighted by molar-refractivity contribution is -0.114. The summed E-state index contributed by atoms with van der Waals surface area (Å²) in [4.78, 5) is 35.7. The molecular weight excluding hydrogens is 368 g/mol. The van der Waals surface area contributed by atoms with Crippen LogP contribution in [0.3, 0.4) is 0 Å². The average molecular weight is 388 g/mol. The summed E-state index contributed by atoms with van der Waals surface area (Å²) in [5, 5.41) is 8.49. The van der Waals surface area contributed by atoms with E-state index in [9.17, 15) is 14.4 Å². The number of amides is 3. The molecule has 0 saturated heterocycles. The standard InChI is InChI=1S/C22H20N4O3/c23-21(28)16-8-4-9-17(12-16)24-14-20(27)25-18-10-5-11-19(13-18)26-22(29)15-6-2-1-3-7-15/h1-13,24H,14H2,(H2,23,28)(H,25,27)(H,26,29). The molecule has 7 nitrogen and oxygen atoms in total. The number of hydrogen-bond acceptors (Lipinski definition) is 4. The van der Waals surface area contributed by atoms with Gasteiger partial charge in [0.1, 0.15) is 0 Å². The van der Waals surface area contributed by atoms with Crippen molar-refractivity contribution in [1.29, 1.82) is 0 Å². The second-order valence-corrected chi connectivity index (χ2v) is 6.25. The SMILES string of the molecule is NC(=O)c1cccc(NCC(=O)Nc2cccc(NC(=O)c3ccccc3)c2)c1. The van der Waals surface area contributed by atoms with E-state index in [2.05, 4.69) is 16.0 Å². The van der Waals surface area contributed by atoms with E-state index in [1.165, 1.54) is 0 Å². The summed E-state index contributed by atoms with van der Waals surface area (Å²) in [6.45, 7) is 0.00279. The minimum absolute atomic E-state index is 0.00279. The van der Waals surface area contributed by atoms with Crippen LogP contribution in [0.4, 0.5) is 17.1 Å². The van der Waals surface area contributed by atoms with Gasteiger partial charge in [-0.2, -0.15) is 0 Å². The summed E-state index contributed by atoms with van der Waals surface area (Å²) in [6.07, 6.45) is 0. The second kappa shape index (κ2) is 9.18. The molecule has 0 aliphatic carbocycles. The average Bonchev–Trinajstić information content (AvgIpc) is 2.73. The van der Waals surface area contributed by atoms with E-state index < -0.39 is 5.91 Å². The van der Waals surface area contributed by atoms with Gasteiger partial charge in [0, 0.05) is 28.2 Å². The van der Waals surface area contributed by atoms with Crippen molar-refractivity contribution in [3.63, 3.8) is 0 Å². The lowest BCUT2D eigenvalue weighted by atomic mass is 10.2. The molecule has 3 aromatic rings. The number of carbonyl (C=O) groups is 3. The highest BCUT2D eigenvalue weighted by Crippen LogP contribution is 2.16. The van der Waals surface area contributed by atoms with Gasteiger partial charge in [-0.1, -0.05) is 30.3 Å². The van der Waals surface area contributed by atoms with Gasteiger partial charge in [-0.3, -0.25) is 14.4 Å². The molecule has 0 aromatic heterocycles. The van der Waals surface area contributed by atoms with Crippen molar-refractivity contribution in [2.45, 2.75) is 0 Å². The molecule has 0 fully saturated rings. The van der Waals surface area contributed by atoms with E-state index in [4.69, 9.17) is 5.73 Å². The van der Waals surface area contributed by atoms with Gasteiger partial charge < -0.3 is 21.7 Å². The largest absolute Gasteiger partial charge is 0.376 e. The van der Waals surface area contributed by atoms with Crippen LogP contribution in [0.5, 0.6) is 0 Å². The molecule has 5 N–H and O–H groups in total. The van der Waals surface area contributed by atoms with Gasteiger partial charge >= 0.3 is 0 Å². The minimum Gasteiger partial charge on any atom is -0.376 e. The van der Waals surface area contributed by atoms with Crippen molar-refractivity contribution in [2.75, 3.05) is 22.5 Å². The quantitative estimate of drug-likeness (QED) is 0.498. The highest BCUT2D eigenvalue weighted by molar-refractivity contribution is 6.04. The van der Waals surface area contributed by atoms with Crippen LogP contribution in [0.25, 0.3) is 0 Å². The van der Waals surface area contributed by atoms with Gasteiger partial charge in [0.25, 0.3) is 5.91 Å². The molecule has 3 rings (SSSR count). The van der Waals surface area contributed by atoms with E-state index in [0.717, 1.165) is 0 Å². The maximum Gasteiger partial charge on any atom is 0.255 e. The third-order valence-electron chi connectivity index (χ3n) is 4.04. The number of rotatable bonds is 7. The maximum atomic E-state index is 12.2. The molecule has 0 spiro atoms. The van der Waals surface area contributed by atoms with Gasteiger partial charge in [-0.15, -0.1) is 0 Å². The Morgan fingerprint density at radius 2 is 1.31 bits per heavy atom. The third kappa shape index (κ3) is 5.67. The fourth-order valence-corrected chi connectivity index (χ4v) is 2.64. The van der Waals surface area contributed by atoms with Crippen molar-refractivity contribution in [1.82, 2.24) is 0 Å². The van der Waals surface area contributed by atoms with Crippen LogP contribution in [-0.2, 0) is 4.79 Å². The van der Waals surface area contributed by atoms with E-state index in [-0.39, 0.29) is 18.4 Å². The van der Waals surface area contributed by atoms with Crippen LogP contribution < -0.4 is 21.7 Å². The number of primary amides is 1. The van der Waals surface area contributed by atoms with Gasteiger partial charge in [-0.05, 0) is 48.5 Å². The number of hydrogen-bond donors (Lipinski definition) is 4. The van der Waals surface area contributed by atoms with Crippen molar-refractivity contribution >= 4 is 34.8 Å². The molecule has 3 aromatic carbocycles. The molecule has 0 aliphatic heterocycles. The first-order valence-electron chi connectivity index (χ1n) is 8.91. The Bertz CT molecular complexity index is 1030. The predicted octanol–water partition coefficient (Wildman–Crippen LogP) is 3.09. The summed E-state index contributed by atoms with van der Waals surface area (Å²) in [5.41, 5.74) is 7.88. The summed E-state index contributed by atoms with van der Waals surface area (Å²) >= 11 is 0. The Morgan fingerprint density at radius 3 is 2.03 bits per heavy atom. The molecule has 0 radical (unpaired) electrons. The summed E-state index contributed by atoms with van der Waals surface area (Å²) in [7, 11) is 0. The molecule has 0 atom stereocenters. The van der Waals surface area contributed by atoms with Crippen LogP contribution >= 0.6 is 0 Å². The van der Waals surface area contributed by atoms with Crippen LogP contribution in [0, 0.1) is 0 Å². The molecule has 0 unspecified atom stereocenters. The fourth-order valence-electron chi connectivity index (χ4n) is 2.64. The zero-order chi connectivity index (χ0) is 20.6. The molecule has 7 heteroatoms. The lowest BCUT2D eigenvalue weighted by Crippen LogP contribution is -2.22. The Balaban J connectivity index is 1.57. The van der Waals surface area contributed by atoms with Crippen LogP contribution in [0.15, 0.2) is 78.9 Å². The monoisotopic (exact) mass is 388 g/mol. The van der Waals surface area contributed by atoms with Gasteiger partial charge in [0.05, 0.1) is 6.54 Å². The zero-order valence-electron chi connectivity index (χ0n) is 15.5. The first-order chi connectivity index (χ1) is 14.0. The van der Waals surface area contributed by atoms with Crippen LogP contribution in [-0.4, -0.2) is 24.3 Å². The Kier molecular flexibility index (Phi) is 6.22. The van der Waals surface area contributed by atoms with E-state index >= 15 is 0 Å². The first-order valence-corrected chi connectivity index (χ1v) is 8.91. The highest BCUT2D eigenvalue weighted by atomic mass is 16.2. The Labute approximate surface area is 167 Å². The number of carbonyl (C=O) groups excluding carboxylic acids is 3. The predicted molar refractivity (Wildman–Crippen MR) is 113 cm³/mol. The molecule has 3 amide bonds. The Morgan fingerprint density at radius 1 is 0.690 bits per heavy atom. The normalized spacial score (nSPS) is 10.1. The number of nitrogens with one attached hydrogen (secondary N) is 3. The molecule has 146 valence electrons. The van der Waals surface area contributed by atoms with E-state index in [0.29, 0.717) is 28.2 Å². The maximum absolute atomic E-state index is 12.2. The number of anilines is 3. The summed E-state index contributed by atoms with van der Waals surface area (Å²) in [6, 6.07) is 22.3. The van der Waals surface area contributed by atoms with E-state index in [1.54, 1.807) is 72.8 Å². The Hall–Kier alpha value is -4.13. The van der Waals surface area contributed by atoms with Crippen LogP contribution in [0.2, 0.25) is 0 Å². The highest BCUT2D eigenvalue weighted by Gasteiger charge is 2.08. The number of nitrogens with two attached hydrogens (primary N) is 1. The topological polar surface area (TPSA) is 113 Å². The molecule has 0 aliphatic rings. The van der Waals surface area contributed by atoms with E-state index in [1.807, 2.05) is 6.07 Å². The van der Waals surface area contributed by atoms with Crippen molar-refractivity contribution in [3.8, 4) is 0 Å². The zero-order valence-corrected chi connectivity index (χ0v) is 15.5. The number of benzene rings is 3. The van der Waals surface area contributed by atoms with Gasteiger partial charge in [0.2, 0.25) is 11.8 Å². The van der Waals surface area contributed by atoms with Crippen LogP contribution in [0.1, 0.15) is 20.7 Å². The third-order valence-corrected chi connectivity index (χ3v) is 4.04. The summed E-state index contributed by atoms with van der Waals surface area (Å²) < 4.78 is 0. The molecular formula is C22H20N4O3. The van der Waals surface area contributed by atoms with Crippen molar-refractivity contribution in [3.05, 3.63) is 90.0 Å². The van der Waals surface area contributed by atoms with Gasteiger partial charge in [0.15, 0.2) is 0 Å². The van der Waals surface area contributed by atoms with Crippen molar-refractivity contribution in [2.24, 2.45) is 5.73 Å². The second-order valence-electron chi connectivity index (χ2n) is 6.25. The smallest absolute Gasteiger partial charge is 0.255 e. The molecule has 0 heterocycles. The van der Waals surface area contributed by atoms with Gasteiger partial charge in [-0.25, -0.2) is 0 Å².